The fourth-order valence-corrected chi connectivity index (χ4v) is 2.07. The Hall–Kier alpha value is -1.71. The normalized spacial score (nSPS) is 14.8. The van der Waals surface area contributed by atoms with Gasteiger partial charge in [0.1, 0.15) is 0 Å². The van der Waals surface area contributed by atoms with Crippen LogP contribution in [0.3, 0.4) is 0 Å². The third-order valence-electron chi connectivity index (χ3n) is 3.39. The van der Waals surface area contributed by atoms with E-state index in [1.165, 1.54) is 12.0 Å². The molecule has 0 heterocycles. The lowest BCUT2D eigenvalue weighted by molar-refractivity contribution is 0.240. The van der Waals surface area contributed by atoms with Crippen LogP contribution in [0, 0.1) is 6.92 Å². The van der Waals surface area contributed by atoms with Gasteiger partial charge in [0.05, 0.1) is 0 Å². The molecule has 1 fully saturated rings. The van der Waals surface area contributed by atoms with E-state index in [9.17, 15) is 4.79 Å². The molecule has 0 unspecified atom stereocenters. The summed E-state index contributed by atoms with van der Waals surface area (Å²) in [6.07, 6.45) is 3.43. The monoisotopic (exact) mass is 247 g/mol. The summed E-state index contributed by atoms with van der Waals surface area (Å²) < 4.78 is 0. The number of hydrogen-bond donors (Lipinski definition) is 2. The van der Waals surface area contributed by atoms with Crippen molar-refractivity contribution in [2.45, 2.75) is 32.2 Å². The van der Waals surface area contributed by atoms with Gasteiger partial charge in [-0.05, 0) is 43.9 Å². The van der Waals surface area contributed by atoms with Crippen LogP contribution in [0.15, 0.2) is 18.2 Å². The molecular weight excluding hydrogens is 226 g/mol. The molecular formula is C14H21N3O. The predicted molar refractivity (Wildman–Crippen MR) is 75.3 cm³/mol. The van der Waals surface area contributed by atoms with Gasteiger partial charge < -0.3 is 15.5 Å². The maximum Gasteiger partial charge on any atom is 0.319 e. The average Bonchev–Trinajstić information content (AvgIpc) is 2.26. The minimum absolute atomic E-state index is 0.103. The van der Waals surface area contributed by atoms with E-state index in [-0.39, 0.29) is 6.03 Å². The van der Waals surface area contributed by atoms with Crippen LogP contribution in [0.4, 0.5) is 16.2 Å². The Balaban J connectivity index is 1.99. The van der Waals surface area contributed by atoms with E-state index in [1.54, 1.807) is 0 Å². The number of nitrogens with one attached hydrogen (secondary N) is 2. The number of urea groups is 1. The summed E-state index contributed by atoms with van der Waals surface area (Å²) in [6, 6.07) is 6.21. The quantitative estimate of drug-likeness (QED) is 0.862. The van der Waals surface area contributed by atoms with Crippen molar-refractivity contribution < 1.29 is 4.79 Å². The molecule has 0 aliphatic heterocycles. The SMILES string of the molecule is Cc1ccc(NC(=O)NC2CCC2)cc1N(C)C. The summed E-state index contributed by atoms with van der Waals surface area (Å²) >= 11 is 0. The Bertz CT molecular complexity index is 439. The molecule has 18 heavy (non-hydrogen) atoms. The van der Waals surface area contributed by atoms with Gasteiger partial charge in [-0.3, -0.25) is 0 Å². The Morgan fingerprint density at radius 1 is 1.33 bits per heavy atom. The van der Waals surface area contributed by atoms with Gasteiger partial charge in [0.2, 0.25) is 0 Å². The minimum Gasteiger partial charge on any atom is -0.377 e. The number of rotatable bonds is 3. The van der Waals surface area contributed by atoms with Crippen LogP contribution in [0.1, 0.15) is 24.8 Å². The number of benzene rings is 1. The molecule has 0 bridgehead atoms. The molecule has 4 heteroatoms. The first-order chi connectivity index (χ1) is 8.56. The highest BCUT2D eigenvalue weighted by atomic mass is 16.2. The predicted octanol–water partition coefficient (Wildman–Crippen LogP) is 2.74. The molecule has 1 aromatic rings. The second-order valence-electron chi connectivity index (χ2n) is 5.12. The first-order valence-corrected chi connectivity index (χ1v) is 6.42. The van der Waals surface area contributed by atoms with Gasteiger partial charge in [-0.2, -0.15) is 0 Å². The average molecular weight is 247 g/mol. The van der Waals surface area contributed by atoms with Crippen molar-refractivity contribution in [2.24, 2.45) is 0 Å². The van der Waals surface area contributed by atoms with Crippen LogP contribution in [-0.4, -0.2) is 26.2 Å². The summed E-state index contributed by atoms with van der Waals surface area (Å²) in [4.78, 5) is 13.8. The van der Waals surface area contributed by atoms with E-state index in [1.807, 2.05) is 37.2 Å². The lowest BCUT2D eigenvalue weighted by Gasteiger charge is -2.26. The number of hydrogen-bond acceptors (Lipinski definition) is 2. The summed E-state index contributed by atoms with van der Waals surface area (Å²) in [6.45, 7) is 2.06. The topological polar surface area (TPSA) is 44.4 Å². The van der Waals surface area contributed by atoms with Crippen molar-refractivity contribution in [2.75, 3.05) is 24.3 Å². The molecule has 0 spiro atoms. The zero-order valence-electron chi connectivity index (χ0n) is 11.3. The Morgan fingerprint density at radius 3 is 2.61 bits per heavy atom. The highest BCUT2D eigenvalue weighted by Crippen LogP contribution is 2.23. The van der Waals surface area contributed by atoms with Crippen LogP contribution >= 0.6 is 0 Å². The maximum absolute atomic E-state index is 11.7. The molecule has 1 aliphatic carbocycles. The molecule has 0 radical (unpaired) electrons. The van der Waals surface area contributed by atoms with E-state index in [0.717, 1.165) is 24.2 Å². The molecule has 2 rings (SSSR count). The maximum atomic E-state index is 11.7. The highest BCUT2D eigenvalue weighted by Gasteiger charge is 2.19. The number of nitrogens with zero attached hydrogens (tertiary/aromatic N) is 1. The Labute approximate surface area is 108 Å². The van der Waals surface area contributed by atoms with Crippen LogP contribution in [0.25, 0.3) is 0 Å². The fourth-order valence-electron chi connectivity index (χ4n) is 2.07. The van der Waals surface area contributed by atoms with E-state index in [4.69, 9.17) is 0 Å². The molecule has 2 amide bonds. The molecule has 1 saturated carbocycles. The number of amides is 2. The molecule has 1 aliphatic rings. The highest BCUT2D eigenvalue weighted by molar-refractivity contribution is 5.90. The standard InChI is InChI=1S/C14H21N3O/c1-10-7-8-12(9-13(10)17(2)3)16-14(18)15-11-5-4-6-11/h7-9,11H,4-6H2,1-3H3,(H2,15,16,18). The molecule has 98 valence electrons. The van der Waals surface area contributed by atoms with Gasteiger partial charge in [0.25, 0.3) is 0 Å². The second kappa shape index (κ2) is 5.29. The van der Waals surface area contributed by atoms with Crippen LogP contribution in [-0.2, 0) is 0 Å². The van der Waals surface area contributed by atoms with Crippen molar-refractivity contribution in [3.63, 3.8) is 0 Å². The van der Waals surface area contributed by atoms with Crippen molar-refractivity contribution >= 4 is 17.4 Å². The van der Waals surface area contributed by atoms with Gasteiger partial charge in [-0.15, -0.1) is 0 Å². The summed E-state index contributed by atoms with van der Waals surface area (Å²) in [5, 5.41) is 5.85. The third kappa shape index (κ3) is 2.94. The number of aryl methyl sites for hydroxylation is 1. The van der Waals surface area contributed by atoms with E-state index < -0.39 is 0 Å². The number of carbonyl (C=O) groups excluding carboxylic acids is 1. The zero-order chi connectivity index (χ0) is 13.1. The first-order valence-electron chi connectivity index (χ1n) is 6.42. The fraction of sp³-hybridized carbons (Fsp3) is 0.500. The van der Waals surface area contributed by atoms with E-state index in [2.05, 4.69) is 17.6 Å². The number of anilines is 2. The van der Waals surface area contributed by atoms with Crippen molar-refractivity contribution in [1.29, 1.82) is 0 Å². The zero-order valence-corrected chi connectivity index (χ0v) is 11.3. The van der Waals surface area contributed by atoms with E-state index >= 15 is 0 Å². The molecule has 0 atom stereocenters. The van der Waals surface area contributed by atoms with Crippen LogP contribution in [0.2, 0.25) is 0 Å². The first kappa shape index (κ1) is 12.7. The summed E-state index contributed by atoms with van der Waals surface area (Å²) in [5.74, 6) is 0. The van der Waals surface area contributed by atoms with Crippen LogP contribution < -0.4 is 15.5 Å². The lowest BCUT2D eigenvalue weighted by Crippen LogP contribution is -2.41. The van der Waals surface area contributed by atoms with Gasteiger partial charge in [0, 0.05) is 31.5 Å². The summed E-state index contributed by atoms with van der Waals surface area (Å²) in [5.41, 5.74) is 3.16. The van der Waals surface area contributed by atoms with Gasteiger partial charge in [-0.25, -0.2) is 4.79 Å². The Morgan fingerprint density at radius 2 is 2.06 bits per heavy atom. The largest absolute Gasteiger partial charge is 0.377 e. The third-order valence-corrected chi connectivity index (χ3v) is 3.39. The van der Waals surface area contributed by atoms with Gasteiger partial charge in [0.15, 0.2) is 0 Å². The lowest BCUT2D eigenvalue weighted by atomic mass is 9.93. The van der Waals surface area contributed by atoms with Crippen molar-refractivity contribution in [1.82, 2.24) is 5.32 Å². The van der Waals surface area contributed by atoms with Gasteiger partial charge in [-0.1, -0.05) is 6.07 Å². The molecule has 0 saturated heterocycles. The van der Waals surface area contributed by atoms with E-state index in [0.29, 0.717) is 6.04 Å². The van der Waals surface area contributed by atoms with Crippen molar-refractivity contribution in [3.05, 3.63) is 23.8 Å². The number of carbonyl (C=O) groups is 1. The molecule has 1 aromatic carbocycles. The Kier molecular flexibility index (Phi) is 3.75. The molecule has 4 nitrogen and oxygen atoms in total. The molecule has 2 N–H and O–H groups in total. The van der Waals surface area contributed by atoms with Crippen molar-refractivity contribution in [3.8, 4) is 0 Å². The second-order valence-corrected chi connectivity index (χ2v) is 5.12. The van der Waals surface area contributed by atoms with Crippen LogP contribution in [0.5, 0.6) is 0 Å². The summed E-state index contributed by atoms with van der Waals surface area (Å²) in [7, 11) is 4.00. The van der Waals surface area contributed by atoms with Gasteiger partial charge >= 0.3 is 6.03 Å². The molecule has 0 aromatic heterocycles. The minimum atomic E-state index is -0.103. The smallest absolute Gasteiger partial charge is 0.319 e.